The molecular formula is C27H25NO6S. The highest BCUT2D eigenvalue weighted by atomic mass is 32.2. The largest absolute Gasteiger partial charge is 0.502 e. The molecule has 0 unspecified atom stereocenters. The standard InChI is InChI=1S/C27H25NO6S/c1-3-18-10-12-19(13-11-18)23-25(35(32,33)22-8-6-5-7-9-22)24(29)26(30)28(23)21-16-14-20(15-17-21)27(31)34-4-2/h5-17,23,29H,3-4H2,1-2H3/t23-/m1/s1. The van der Waals surface area contributed by atoms with E-state index < -0.39 is 33.5 Å². The van der Waals surface area contributed by atoms with Crippen molar-refractivity contribution < 1.29 is 27.9 Å². The summed E-state index contributed by atoms with van der Waals surface area (Å²) in [5.74, 6) is -2.17. The number of rotatable bonds is 7. The van der Waals surface area contributed by atoms with E-state index in [0.717, 1.165) is 12.0 Å². The third-order valence-electron chi connectivity index (χ3n) is 5.86. The molecule has 4 rings (SSSR count). The second-order valence-corrected chi connectivity index (χ2v) is 9.89. The van der Waals surface area contributed by atoms with E-state index in [1.807, 2.05) is 19.1 Å². The molecule has 0 saturated carbocycles. The lowest BCUT2D eigenvalue weighted by Crippen LogP contribution is -2.31. The fraction of sp³-hybridized carbons (Fsp3) is 0.185. The highest BCUT2D eigenvalue weighted by molar-refractivity contribution is 7.95. The van der Waals surface area contributed by atoms with E-state index in [-0.39, 0.29) is 16.4 Å². The van der Waals surface area contributed by atoms with Gasteiger partial charge in [-0.1, -0.05) is 49.4 Å². The number of sulfone groups is 1. The lowest BCUT2D eigenvalue weighted by atomic mass is 10.0. The number of aliphatic hydroxyl groups is 1. The number of nitrogens with zero attached hydrogens (tertiary/aromatic N) is 1. The monoisotopic (exact) mass is 491 g/mol. The fourth-order valence-electron chi connectivity index (χ4n) is 4.06. The molecule has 3 aromatic rings. The van der Waals surface area contributed by atoms with Crippen LogP contribution in [0.25, 0.3) is 0 Å². The third kappa shape index (κ3) is 4.44. The van der Waals surface area contributed by atoms with Gasteiger partial charge < -0.3 is 9.84 Å². The lowest BCUT2D eigenvalue weighted by Gasteiger charge is -2.27. The van der Waals surface area contributed by atoms with Crippen LogP contribution >= 0.6 is 0 Å². The zero-order chi connectivity index (χ0) is 25.2. The van der Waals surface area contributed by atoms with E-state index in [9.17, 15) is 23.1 Å². The molecule has 3 aromatic carbocycles. The number of aryl methyl sites for hydroxylation is 1. The number of esters is 1. The van der Waals surface area contributed by atoms with Crippen molar-refractivity contribution in [2.24, 2.45) is 0 Å². The van der Waals surface area contributed by atoms with Crippen molar-refractivity contribution >= 4 is 27.4 Å². The number of aliphatic hydroxyl groups excluding tert-OH is 1. The van der Waals surface area contributed by atoms with Gasteiger partial charge in [0.15, 0.2) is 5.76 Å². The molecule has 0 radical (unpaired) electrons. The quantitative estimate of drug-likeness (QED) is 0.479. The number of carbonyl (C=O) groups excluding carboxylic acids is 2. The van der Waals surface area contributed by atoms with E-state index in [1.54, 1.807) is 37.3 Å². The second kappa shape index (κ2) is 9.76. The zero-order valence-electron chi connectivity index (χ0n) is 19.3. The fourth-order valence-corrected chi connectivity index (χ4v) is 5.71. The first kappa shape index (κ1) is 24.2. The maximum absolute atomic E-state index is 13.6. The van der Waals surface area contributed by atoms with Crippen LogP contribution in [0.5, 0.6) is 0 Å². The summed E-state index contributed by atoms with van der Waals surface area (Å²) < 4.78 is 32.3. The molecule has 35 heavy (non-hydrogen) atoms. The highest BCUT2D eigenvalue weighted by Gasteiger charge is 2.47. The van der Waals surface area contributed by atoms with Crippen LogP contribution in [-0.4, -0.2) is 32.0 Å². The summed E-state index contributed by atoms with van der Waals surface area (Å²) in [5, 5.41) is 10.9. The van der Waals surface area contributed by atoms with Crippen LogP contribution in [0.1, 0.15) is 41.4 Å². The minimum Gasteiger partial charge on any atom is -0.502 e. The number of benzene rings is 3. The maximum Gasteiger partial charge on any atom is 0.338 e. The van der Waals surface area contributed by atoms with Crippen LogP contribution in [0.4, 0.5) is 5.69 Å². The molecule has 0 saturated heterocycles. The van der Waals surface area contributed by atoms with Crippen molar-refractivity contribution in [3.05, 3.63) is 106 Å². The first-order valence-corrected chi connectivity index (χ1v) is 12.7. The number of carbonyl (C=O) groups is 2. The van der Waals surface area contributed by atoms with Crippen LogP contribution in [0.2, 0.25) is 0 Å². The topological polar surface area (TPSA) is 101 Å². The molecule has 7 nitrogen and oxygen atoms in total. The van der Waals surface area contributed by atoms with Gasteiger partial charge in [0.05, 0.1) is 17.1 Å². The van der Waals surface area contributed by atoms with Crippen LogP contribution < -0.4 is 4.90 Å². The van der Waals surface area contributed by atoms with Crippen LogP contribution in [0, 0.1) is 0 Å². The Morgan fingerprint density at radius 3 is 2.14 bits per heavy atom. The molecular weight excluding hydrogens is 466 g/mol. The number of hydrogen-bond acceptors (Lipinski definition) is 6. The Kier molecular flexibility index (Phi) is 6.75. The maximum atomic E-state index is 13.6. The second-order valence-electron chi connectivity index (χ2n) is 7.97. The Hall–Kier alpha value is -3.91. The third-order valence-corrected chi connectivity index (χ3v) is 7.75. The van der Waals surface area contributed by atoms with Gasteiger partial charge in [-0.05, 0) is 60.9 Å². The van der Waals surface area contributed by atoms with Gasteiger partial charge >= 0.3 is 5.97 Å². The molecule has 0 aliphatic carbocycles. The summed E-state index contributed by atoms with van der Waals surface area (Å²) in [4.78, 5) is 26.2. The van der Waals surface area contributed by atoms with Crippen molar-refractivity contribution in [1.82, 2.24) is 0 Å². The number of ether oxygens (including phenoxy) is 1. The van der Waals surface area contributed by atoms with E-state index in [2.05, 4.69) is 0 Å². The van der Waals surface area contributed by atoms with Gasteiger partial charge in [-0.15, -0.1) is 0 Å². The van der Waals surface area contributed by atoms with Gasteiger partial charge in [-0.3, -0.25) is 9.69 Å². The number of hydrogen-bond donors (Lipinski definition) is 1. The number of amides is 1. The predicted octanol–water partition coefficient (Wildman–Crippen LogP) is 4.76. The Balaban J connectivity index is 1.85. The molecule has 1 N–H and O–H groups in total. The van der Waals surface area contributed by atoms with Crippen LogP contribution in [0.15, 0.2) is 94.4 Å². The van der Waals surface area contributed by atoms with Crippen LogP contribution in [-0.2, 0) is 25.8 Å². The molecule has 1 amide bonds. The summed E-state index contributed by atoms with van der Waals surface area (Å²) in [7, 11) is -4.21. The minimum absolute atomic E-state index is 0.0240. The summed E-state index contributed by atoms with van der Waals surface area (Å²) in [6.45, 7) is 3.93. The van der Waals surface area contributed by atoms with Crippen molar-refractivity contribution in [3.8, 4) is 0 Å². The Labute approximate surface area is 204 Å². The average Bonchev–Trinajstić information content (AvgIpc) is 3.15. The molecule has 1 aliphatic rings. The highest BCUT2D eigenvalue weighted by Crippen LogP contribution is 2.44. The molecule has 0 spiro atoms. The van der Waals surface area contributed by atoms with Crippen molar-refractivity contribution in [2.75, 3.05) is 11.5 Å². The molecule has 0 bridgehead atoms. The molecule has 0 fully saturated rings. The van der Waals surface area contributed by atoms with E-state index in [0.29, 0.717) is 16.8 Å². The zero-order valence-corrected chi connectivity index (χ0v) is 20.2. The van der Waals surface area contributed by atoms with E-state index >= 15 is 0 Å². The Morgan fingerprint density at radius 2 is 1.57 bits per heavy atom. The molecule has 1 atom stereocenters. The van der Waals surface area contributed by atoms with Crippen LogP contribution in [0.3, 0.4) is 0 Å². The summed E-state index contributed by atoms with van der Waals surface area (Å²) in [6, 6.07) is 19.9. The van der Waals surface area contributed by atoms with Crippen molar-refractivity contribution in [2.45, 2.75) is 31.2 Å². The van der Waals surface area contributed by atoms with Crippen molar-refractivity contribution in [1.29, 1.82) is 0 Å². The summed E-state index contributed by atoms with van der Waals surface area (Å²) in [6.07, 6.45) is 0.791. The molecule has 1 aliphatic heterocycles. The smallest absolute Gasteiger partial charge is 0.338 e. The minimum atomic E-state index is -4.21. The first-order valence-electron chi connectivity index (χ1n) is 11.2. The summed E-state index contributed by atoms with van der Waals surface area (Å²) in [5.41, 5.74) is 2.20. The molecule has 1 heterocycles. The Morgan fingerprint density at radius 1 is 0.943 bits per heavy atom. The van der Waals surface area contributed by atoms with Gasteiger partial charge in [-0.2, -0.15) is 0 Å². The predicted molar refractivity (Wildman–Crippen MR) is 132 cm³/mol. The van der Waals surface area contributed by atoms with E-state index in [4.69, 9.17) is 4.74 Å². The van der Waals surface area contributed by atoms with Gasteiger partial charge in [0.2, 0.25) is 9.84 Å². The molecule has 8 heteroatoms. The molecule has 180 valence electrons. The summed E-state index contributed by atoms with van der Waals surface area (Å²) >= 11 is 0. The average molecular weight is 492 g/mol. The van der Waals surface area contributed by atoms with Gasteiger partial charge in [0, 0.05) is 5.69 Å². The van der Waals surface area contributed by atoms with Gasteiger partial charge in [0.25, 0.3) is 5.91 Å². The normalized spacial score (nSPS) is 16.0. The van der Waals surface area contributed by atoms with Crippen molar-refractivity contribution in [3.63, 3.8) is 0 Å². The van der Waals surface area contributed by atoms with E-state index in [1.165, 1.54) is 41.3 Å². The Bertz CT molecular complexity index is 1380. The van der Waals surface area contributed by atoms with Gasteiger partial charge in [0.1, 0.15) is 10.9 Å². The molecule has 0 aromatic heterocycles. The SMILES string of the molecule is CCOC(=O)c1ccc(N2C(=O)C(O)=C(S(=O)(=O)c3ccccc3)[C@H]2c2ccc(CC)cc2)cc1. The first-order chi connectivity index (χ1) is 16.8. The van der Waals surface area contributed by atoms with Gasteiger partial charge in [-0.25, -0.2) is 13.2 Å². The number of anilines is 1. The lowest BCUT2D eigenvalue weighted by molar-refractivity contribution is -0.117.